The molecular weight excluding hydrogens is 233 g/mol. The molecule has 0 amide bonds. The fourth-order valence-electron chi connectivity index (χ4n) is 1.69. The molecular formula is C13H18FN3O. The van der Waals surface area contributed by atoms with Crippen molar-refractivity contribution in [2.45, 2.75) is 13.3 Å². The molecule has 1 aromatic rings. The molecule has 0 bridgehead atoms. The van der Waals surface area contributed by atoms with Crippen LogP contribution in [-0.2, 0) is 4.74 Å². The number of nitrogens with two attached hydrogens (primary N) is 1. The maximum Gasteiger partial charge on any atom is 0.128 e. The molecule has 0 atom stereocenters. The normalized spacial score (nSPS) is 10.1. The van der Waals surface area contributed by atoms with Gasteiger partial charge in [0.1, 0.15) is 5.82 Å². The highest BCUT2D eigenvalue weighted by Crippen LogP contribution is 2.26. The van der Waals surface area contributed by atoms with Gasteiger partial charge in [0.15, 0.2) is 0 Å². The summed E-state index contributed by atoms with van der Waals surface area (Å²) in [4.78, 5) is 1.94. The summed E-state index contributed by atoms with van der Waals surface area (Å²) in [6, 6.07) is 5.11. The molecule has 0 fully saturated rings. The molecule has 1 rings (SSSR count). The van der Waals surface area contributed by atoms with E-state index in [1.165, 1.54) is 6.07 Å². The summed E-state index contributed by atoms with van der Waals surface area (Å²) >= 11 is 0. The van der Waals surface area contributed by atoms with E-state index in [2.05, 4.69) is 6.07 Å². The van der Waals surface area contributed by atoms with E-state index in [9.17, 15) is 4.39 Å². The van der Waals surface area contributed by atoms with Crippen LogP contribution in [0.2, 0.25) is 0 Å². The van der Waals surface area contributed by atoms with E-state index in [-0.39, 0.29) is 5.82 Å². The number of methoxy groups -OCH3 is 1. The predicted octanol–water partition coefficient (Wildman–Crippen LogP) is 2.08. The number of rotatable bonds is 6. The van der Waals surface area contributed by atoms with Gasteiger partial charge in [0.2, 0.25) is 0 Å². The average Bonchev–Trinajstić information content (AvgIpc) is 2.35. The summed E-state index contributed by atoms with van der Waals surface area (Å²) in [5.41, 5.74) is 7.50. The highest BCUT2D eigenvalue weighted by Gasteiger charge is 2.12. The van der Waals surface area contributed by atoms with E-state index in [4.69, 9.17) is 15.7 Å². The fraction of sp³-hybridized carbons (Fsp3) is 0.462. The molecule has 0 heterocycles. The van der Waals surface area contributed by atoms with Gasteiger partial charge in [0.25, 0.3) is 0 Å². The van der Waals surface area contributed by atoms with Crippen molar-refractivity contribution >= 4 is 11.4 Å². The molecule has 0 aliphatic rings. The highest BCUT2D eigenvalue weighted by atomic mass is 19.1. The molecule has 1 aromatic carbocycles. The van der Waals surface area contributed by atoms with Crippen molar-refractivity contribution in [1.29, 1.82) is 5.26 Å². The molecule has 0 spiro atoms. The van der Waals surface area contributed by atoms with Gasteiger partial charge in [-0.25, -0.2) is 4.39 Å². The van der Waals surface area contributed by atoms with Gasteiger partial charge in [0, 0.05) is 20.2 Å². The molecule has 0 radical (unpaired) electrons. The number of nitriles is 1. The Hall–Kier alpha value is -1.80. The number of benzene rings is 1. The summed E-state index contributed by atoms with van der Waals surface area (Å²) in [6.07, 6.45) is 0.388. The van der Waals surface area contributed by atoms with Crippen LogP contribution in [0.5, 0.6) is 0 Å². The third-order valence-electron chi connectivity index (χ3n) is 2.71. The monoisotopic (exact) mass is 251 g/mol. The van der Waals surface area contributed by atoms with Crippen molar-refractivity contribution in [3.8, 4) is 6.07 Å². The van der Waals surface area contributed by atoms with Gasteiger partial charge in [-0.3, -0.25) is 0 Å². The number of nitrogen functional groups attached to an aromatic ring is 1. The molecule has 4 nitrogen and oxygen atoms in total. The van der Waals surface area contributed by atoms with E-state index in [1.807, 2.05) is 4.90 Å². The lowest BCUT2D eigenvalue weighted by Crippen LogP contribution is -2.29. The standard InChI is InChI=1S/C13H18FN3O/c1-10-8-13(12(16)9-11(10)14)17(5-3-4-15)6-7-18-2/h8-9H,3,5-7,16H2,1-2H3. The summed E-state index contributed by atoms with van der Waals surface area (Å²) in [7, 11) is 1.61. The van der Waals surface area contributed by atoms with Crippen molar-refractivity contribution in [2.75, 3.05) is 37.4 Å². The predicted molar refractivity (Wildman–Crippen MR) is 69.9 cm³/mol. The Morgan fingerprint density at radius 3 is 2.78 bits per heavy atom. The Bertz CT molecular complexity index is 443. The molecule has 2 N–H and O–H groups in total. The zero-order valence-electron chi connectivity index (χ0n) is 10.7. The van der Waals surface area contributed by atoms with Gasteiger partial charge in [0.05, 0.1) is 30.5 Å². The summed E-state index contributed by atoms with van der Waals surface area (Å²) in [5.74, 6) is -0.316. The van der Waals surface area contributed by atoms with Crippen LogP contribution in [0, 0.1) is 24.1 Å². The van der Waals surface area contributed by atoms with Crippen LogP contribution in [0.1, 0.15) is 12.0 Å². The topological polar surface area (TPSA) is 62.3 Å². The number of anilines is 2. The Labute approximate surface area is 107 Å². The van der Waals surface area contributed by atoms with E-state index >= 15 is 0 Å². The van der Waals surface area contributed by atoms with Crippen LogP contribution in [0.25, 0.3) is 0 Å². The van der Waals surface area contributed by atoms with Gasteiger partial charge in [-0.05, 0) is 24.6 Å². The van der Waals surface area contributed by atoms with Crippen molar-refractivity contribution in [1.82, 2.24) is 0 Å². The maximum atomic E-state index is 13.4. The second-order valence-corrected chi connectivity index (χ2v) is 4.05. The Morgan fingerprint density at radius 1 is 1.44 bits per heavy atom. The zero-order valence-corrected chi connectivity index (χ0v) is 10.7. The zero-order chi connectivity index (χ0) is 13.5. The van der Waals surface area contributed by atoms with E-state index in [0.717, 1.165) is 5.69 Å². The van der Waals surface area contributed by atoms with Crippen molar-refractivity contribution < 1.29 is 9.13 Å². The quantitative estimate of drug-likeness (QED) is 0.786. The van der Waals surface area contributed by atoms with Crippen molar-refractivity contribution in [3.05, 3.63) is 23.5 Å². The molecule has 18 heavy (non-hydrogen) atoms. The SMILES string of the molecule is COCCN(CCC#N)c1cc(C)c(F)cc1N. The first-order valence-electron chi connectivity index (χ1n) is 5.76. The molecule has 0 saturated heterocycles. The first-order chi connectivity index (χ1) is 8.60. The molecule has 0 aromatic heterocycles. The third-order valence-corrected chi connectivity index (χ3v) is 2.71. The molecule has 5 heteroatoms. The van der Waals surface area contributed by atoms with Crippen LogP contribution in [-0.4, -0.2) is 26.8 Å². The Morgan fingerprint density at radius 2 is 2.17 bits per heavy atom. The summed E-state index contributed by atoms with van der Waals surface area (Å²) in [6.45, 7) is 3.39. The van der Waals surface area contributed by atoms with Gasteiger partial charge >= 0.3 is 0 Å². The minimum absolute atomic E-state index is 0.316. The lowest BCUT2D eigenvalue weighted by molar-refractivity contribution is 0.205. The van der Waals surface area contributed by atoms with Crippen LogP contribution < -0.4 is 10.6 Å². The Kier molecular flexibility index (Phi) is 5.40. The molecule has 0 aliphatic carbocycles. The van der Waals surface area contributed by atoms with E-state index in [1.54, 1.807) is 20.1 Å². The third kappa shape index (κ3) is 3.60. The van der Waals surface area contributed by atoms with Crippen LogP contribution >= 0.6 is 0 Å². The number of nitrogens with zero attached hydrogens (tertiary/aromatic N) is 2. The molecule has 0 saturated carbocycles. The number of aryl methyl sites for hydroxylation is 1. The number of halogens is 1. The highest BCUT2D eigenvalue weighted by molar-refractivity contribution is 5.68. The van der Waals surface area contributed by atoms with E-state index < -0.39 is 0 Å². The first-order valence-corrected chi connectivity index (χ1v) is 5.76. The van der Waals surface area contributed by atoms with Gasteiger partial charge in [-0.2, -0.15) is 5.26 Å². The maximum absolute atomic E-state index is 13.4. The average molecular weight is 251 g/mol. The summed E-state index contributed by atoms with van der Waals surface area (Å²) in [5, 5.41) is 8.66. The van der Waals surface area contributed by atoms with Crippen LogP contribution in [0.15, 0.2) is 12.1 Å². The van der Waals surface area contributed by atoms with Gasteiger partial charge < -0.3 is 15.4 Å². The smallest absolute Gasteiger partial charge is 0.128 e. The number of hydrogen-bond acceptors (Lipinski definition) is 4. The van der Waals surface area contributed by atoms with Crippen molar-refractivity contribution in [2.24, 2.45) is 0 Å². The minimum atomic E-state index is -0.316. The van der Waals surface area contributed by atoms with Gasteiger partial charge in [-0.1, -0.05) is 0 Å². The van der Waals surface area contributed by atoms with Gasteiger partial charge in [-0.15, -0.1) is 0 Å². The first kappa shape index (κ1) is 14.3. The molecule has 0 aliphatic heterocycles. The van der Waals surface area contributed by atoms with Crippen LogP contribution in [0.4, 0.5) is 15.8 Å². The largest absolute Gasteiger partial charge is 0.397 e. The van der Waals surface area contributed by atoms with E-state index in [0.29, 0.717) is 37.4 Å². The lowest BCUT2D eigenvalue weighted by atomic mass is 10.1. The number of ether oxygens (including phenoxy) is 1. The summed E-state index contributed by atoms with van der Waals surface area (Å²) < 4.78 is 18.4. The Balaban J connectivity index is 2.96. The second kappa shape index (κ2) is 6.82. The van der Waals surface area contributed by atoms with Crippen molar-refractivity contribution in [3.63, 3.8) is 0 Å². The number of hydrogen-bond donors (Lipinski definition) is 1. The van der Waals surface area contributed by atoms with Crippen LogP contribution in [0.3, 0.4) is 0 Å². The molecule has 0 unspecified atom stereocenters. The minimum Gasteiger partial charge on any atom is -0.397 e. The second-order valence-electron chi connectivity index (χ2n) is 4.05. The lowest BCUT2D eigenvalue weighted by Gasteiger charge is -2.25. The fourth-order valence-corrected chi connectivity index (χ4v) is 1.69. The molecule has 98 valence electrons.